The van der Waals surface area contributed by atoms with Crippen LogP contribution in [-0.4, -0.2) is 41.8 Å². The van der Waals surface area contributed by atoms with Crippen LogP contribution in [0.2, 0.25) is 0 Å². The molecule has 2 nitrogen and oxygen atoms in total. The first-order valence-electron chi connectivity index (χ1n) is 6.82. The first-order chi connectivity index (χ1) is 8.89. The van der Waals surface area contributed by atoms with E-state index in [-0.39, 0.29) is 17.2 Å². The molecule has 0 spiro atoms. The van der Waals surface area contributed by atoms with Crippen molar-refractivity contribution in [2.24, 2.45) is 0 Å². The summed E-state index contributed by atoms with van der Waals surface area (Å²) in [6, 6.07) is 8.18. The average Bonchev–Trinajstić information content (AvgIpc) is 2.38. The fourth-order valence-corrected chi connectivity index (χ4v) is 3.50. The molecule has 0 aliphatic carbocycles. The number of nitrogens with zero attached hydrogens (tertiary/aromatic N) is 1. The van der Waals surface area contributed by atoms with Crippen LogP contribution in [0.3, 0.4) is 0 Å². The van der Waals surface area contributed by atoms with Gasteiger partial charge in [-0.2, -0.15) is 11.8 Å². The molecule has 1 aliphatic rings. The third kappa shape index (κ3) is 3.40. The molecular weight excluding hydrogens is 254 g/mol. The lowest BCUT2D eigenvalue weighted by Gasteiger charge is -2.31. The van der Waals surface area contributed by atoms with Crippen LogP contribution in [0.5, 0.6) is 0 Å². The van der Waals surface area contributed by atoms with E-state index in [0.717, 1.165) is 23.6 Å². The Morgan fingerprint density at radius 1 is 1.26 bits per heavy atom. The Morgan fingerprint density at radius 2 is 1.89 bits per heavy atom. The maximum Gasteiger partial charge on any atom is 0.180 e. The second-order valence-corrected chi connectivity index (χ2v) is 7.41. The van der Waals surface area contributed by atoms with E-state index in [4.69, 9.17) is 0 Å². The second-order valence-electron chi connectivity index (χ2n) is 6.26. The van der Waals surface area contributed by atoms with Crippen LogP contribution < -0.4 is 0 Å². The van der Waals surface area contributed by atoms with Crippen molar-refractivity contribution in [1.82, 2.24) is 4.90 Å². The van der Waals surface area contributed by atoms with Crippen LogP contribution in [0, 0.1) is 0 Å². The molecule has 0 radical (unpaired) electrons. The van der Waals surface area contributed by atoms with E-state index in [9.17, 15) is 4.79 Å². The summed E-state index contributed by atoms with van der Waals surface area (Å²) in [5.41, 5.74) is 2.25. The van der Waals surface area contributed by atoms with Crippen molar-refractivity contribution in [1.29, 1.82) is 0 Å². The van der Waals surface area contributed by atoms with Crippen LogP contribution in [0.4, 0.5) is 0 Å². The highest BCUT2D eigenvalue weighted by atomic mass is 32.2. The zero-order valence-corrected chi connectivity index (χ0v) is 13.1. The maximum atomic E-state index is 12.5. The number of rotatable bonds is 2. The van der Waals surface area contributed by atoms with Crippen molar-refractivity contribution in [3.8, 4) is 0 Å². The van der Waals surface area contributed by atoms with Gasteiger partial charge in [-0.3, -0.25) is 9.69 Å². The molecule has 1 aliphatic heterocycles. The molecule has 0 saturated carbocycles. The average molecular weight is 277 g/mol. The van der Waals surface area contributed by atoms with Gasteiger partial charge in [-0.05, 0) is 18.0 Å². The molecule has 1 aromatic carbocycles. The number of likely N-dealkylation sites (N-methyl/N-ethyl adjacent to an activating group) is 1. The first-order valence-corrected chi connectivity index (χ1v) is 7.98. The number of ketones is 1. The summed E-state index contributed by atoms with van der Waals surface area (Å²) in [5.74, 6) is 2.30. The van der Waals surface area contributed by atoms with Gasteiger partial charge in [-0.25, -0.2) is 0 Å². The van der Waals surface area contributed by atoms with Gasteiger partial charge < -0.3 is 0 Å². The van der Waals surface area contributed by atoms with Crippen molar-refractivity contribution in [3.05, 3.63) is 35.4 Å². The normalized spacial score (nSPS) is 21.4. The van der Waals surface area contributed by atoms with E-state index in [1.54, 1.807) is 0 Å². The second kappa shape index (κ2) is 5.68. The van der Waals surface area contributed by atoms with Gasteiger partial charge in [0.2, 0.25) is 0 Å². The van der Waals surface area contributed by atoms with Crippen molar-refractivity contribution in [2.75, 3.05) is 25.1 Å². The molecule has 19 heavy (non-hydrogen) atoms. The number of hydrogen-bond acceptors (Lipinski definition) is 3. The fraction of sp³-hybridized carbons (Fsp3) is 0.562. The standard InChI is InChI=1S/C16H23NOS/c1-16(2,3)13-7-5-12(6-8-13)15(18)14-11-19-10-9-17(14)4/h5-8,14H,9-11H2,1-4H3. The minimum absolute atomic E-state index is 0.0410. The van der Waals surface area contributed by atoms with E-state index in [1.165, 1.54) is 5.56 Å². The van der Waals surface area contributed by atoms with Crippen LogP contribution in [0.1, 0.15) is 36.7 Å². The quantitative estimate of drug-likeness (QED) is 0.774. The van der Waals surface area contributed by atoms with Gasteiger partial charge in [0.1, 0.15) is 0 Å². The third-order valence-electron chi connectivity index (χ3n) is 3.73. The molecule has 1 heterocycles. The summed E-state index contributed by atoms with van der Waals surface area (Å²) < 4.78 is 0. The molecule has 1 aromatic rings. The highest BCUT2D eigenvalue weighted by molar-refractivity contribution is 7.99. The zero-order valence-electron chi connectivity index (χ0n) is 12.3. The lowest BCUT2D eigenvalue weighted by Crippen LogP contribution is -2.44. The smallest absolute Gasteiger partial charge is 0.180 e. The summed E-state index contributed by atoms with van der Waals surface area (Å²) in [7, 11) is 2.05. The number of carbonyl (C=O) groups is 1. The number of benzene rings is 1. The fourth-order valence-electron chi connectivity index (χ4n) is 2.29. The molecule has 0 N–H and O–H groups in total. The zero-order chi connectivity index (χ0) is 14.0. The van der Waals surface area contributed by atoms with Crippen molar-refractivity contribution >= 4 is 17.5 Å². The van der Waals surface area contributed by atoms with E-state index >= 15 is 0 Å². The van der Waals surface area contributed by atoms with Gasteiger partial charge in [0.15, 0.2) is 5.78 Å². The Bertz CT molecular complexity index is 447. The maximum absolute atomic E-state index is 12.5. The monoisotopic (exact) mass is 277 g/mol. The van der Waals surface area contributed by atoms with Crippen LogP contribution in [0.15, 0.2) is 24.3 Å². The number of hydrogen-bond donors (Lipinski definition) is 0. The van der Waals surface area contributed by atoms with Gasteiger partial charge in [0.25, 0.3) is 0 Å². The molecule has 1 unspecified atom stereocenters. The van der Waals surface area contributed by atoms with E-state index in [0.29, 0.717) is 0 Å². The summed E-state index contributed by atoms with van der Waals surface area (Å²) in [6.45, 7) is 7.57. The molecule has 0 amide bonds. The molecule has 2 rings (SSSR count). The molecular formula is C16H23NOS. The van der Waals surface area contributed by atoms with Gasteiger partial charge in [0.05, 0.1) is 6.04 Å². The molecule has 0 aromatic heterocycles. The molecule has 3 heteroatoms. The van der Waals surface area contributed by atoms with Gasteiger partial charge in [-0.15, -0.1) is 0 Å². The minimum Gasteiger partial charge on any atom is -0.295 e. The Morgan fingerprint density at radius 3 is 2.42 bits per heavy atom. The Hall–Kier alpha value is -0.800. The summed E-state index contributed by atoms with van der Waals surface area (Å²) in [5, 5.41) is 0. The van der Waals surface area contributed by atoms with Crippen LogP contribution in [-0.2, 0) is 5.41 Å². The highest BCUT2D eigenvalue weighted by Gasteiger charge is 2.27. The van der Waals surface area contributed by atoms with Crippen LogP contribution >= 0.6 is 11.8 Å². The molecule has 0 bridgehead atoms. The summed E-state index contributed by atoms with van der Waals surface area (Å²) in [6.07, 6.45) is 0. The van der Waals surface area contributed by atoms with Gasteiger partial charge >= 0.3 is 0 Å². The summed E-state index contributed by atoms with van der Waals surface area (Å²) in [4.78, 5) is 14.7. The third-order valence-corrected chi connectivity index (χ3v) is 4.76. The van der Waals surface area contributed by atoms with Gasteiger partial charge in [0, 0.05) is 23.6 Å². The molecule has 104 valence electrons. The Kier molecular flexibility index (Phi) is 4.36. The molecule has 1 atom stereocenters. The molecule has 1 saturated heterocycles. The van der Waals surface area contributed by atoms with E-state index in [2.05, 4.69) is 37.8 Å². The van der Waals surface area contributed by atoms with Crippen LogP contribution in [0.25, 0.3) is 0 Å². The Balaban J connectivity index is 2.15. The predicted molar refractivity (Wildman–Crippen MR) is 83.2 cm³/mol. The number of Topliss-reactive ketones (excluding diaryl/α,β-unsaturated/α-hetero) is 1. The summed E-state index contributed by atoms with van der Waals surface area (Å²) >= 11 is 1.87. The first kappa shape index (κ1) is 14.6. The SMILES string of the molecule is CN1CCSCC1C(=O)c1ccc(C(C)(C)C)cc1. The number of thioether (sulfide) groups is 1. The van der Waals surface area contributed by atoms with Crippen molar-refractivity contribution in [2.45, 2.75) is 32.2 Å². The lowest BCUT2D eigenvalue weighted by atomic mass is 9.86. The largest absolute Gasteiger partial charge is 0.295 e. The minimum atomic E-state index is 0.0410. The number of carbonyl (C=O) groups excluding carboxylic acids is 1. The van der Waals surface area contributed by atoms with E-state index in [1.807, 2.05) is 30.9 Å². The van der Waals surface area contributed by atoms with Crippen molar-refractivity contribution in [3.63, 3.8) is 0 Å². The highest BCUT2D eigenvalue weighted by Crippen LogP contribution is 2.24. The van der Waals surface area contributed by atoms with Gasteiger partial charge in [-0.1, -0.05) is 45.0 Å². The Labute approximate surface area is 120 Å². The molecule has 1 fully saturated rings. The van der Waals surface area contributed by atoms with E-state index < -0.39 is 0 Å². The topological polar surface area (TPSA) is 20.3 Å². The van der Waals surface area contributed by atoms with Crippen molar-refractivity contribution < 1.29 is 4.79 Å². The predicted octanol–water partition coefficient (Wildman–Crippen LogP) is 3.21. The lowest BCUT2D eigenvalue weighted by molar-refractivity contribution is 0.0874.